The van der Waals surface area contributed by atoms with E-state index < -0.39 is 0 Å². The van der Waals surface area contributed by atoms with E-state index >= 15 is 0 Å². The van der Waals surface area contributed by atoms with E-state index in [1.165, 1.54) is 6.07 Å². The van der Waals surface area contributed by atoms with Gasteiger partial charge in [-0.3, -0.25) is 4.79 Å². The fourth-order valence-corrected chi connectivity index (χ4v) is 2.81. The van der Waals surface area contributed by atoms with Crippen LogP contribution in [0.15, 0.2) is 60.8 Å². The lowest BCUT2D eigenvalue weighted by Crippen LogP contribution is -2.26. The topological polar surface area (TPSA) is 63.2 Å². The largest absolute Gasteiger partial charge is 0.495 e. The van der Waals surface area contributed by atoms with Crippen LogP contribution < -0.4 is 15.4 Å². The predicted octanol–water partition coefficient (Wildman–Crippen LogP) is 4.25. The highest BCUT2D eigenvalue weighted by atomic mass is 19.1. The van der Waals surface area contributed by atoms with Gasteiger partial charge in [0.1, 0.15) is 17.4 Å². The summed E-state index contributed by atoms with van der Waals surface area (Å²) in [6, 6.07) is 15.6. The number of nitrogens with one attached hydrogen (secondary N) is 2. The fourth-order valence-electron chi connectivity index (χ4n) is 2.81. The van der Waals surface area contributed by atoms with Gasteiger partial charge in [-0.15, -0.1) is 0 Å². The molecule has 0 aliphatic rings. The minimum atomic E-state index is -0.265. The van der Waals surface area contributed by atoms with Crippen molar-refractivity contribution < 1.29 is 13.9 Å². The first-order valence-electron chi connectivity index (χ1n) is 8.96. The Morgan fingerprint density at radius 1 is 1.14 bits per heavy atom. The van der Waals surface area contributed by atoms with Gasteiger partial charge in [-0.05, 0) is 54.8 Å². The monoisotopic (exact) mass is 379 g/mol. The molecule has 3 aromatic rings. The lowest BCUT2D eigenvalue weighted by molar-refractivity contribution is 0.0954. The number of amides is 1. The van der Waals surface area contributed by atoms with Crippen LogP contribution in [0.4, 0.5) is 15.9 Å². The Balaban J connectivity index is 1.65. The van der Waals surface area contributed by atoms with Crippen LogP contribution in [0.3, 0.4) is 0 Å². The number of anilines is 2. The maximum absolute atomic E-state index is 13.6. The van der Waals surface area contributed by atoms with Gasteiger partial charge < -0.3 is 15.4 Å². The van der Waals surface area contributed by atoms with Crippen molar-refractivity contribution in [3.8, 4) is 5.75 Å². The van der Waals surface area contributed by atoms with Crippen LogP contribution in [0.1, 0.15) is 21.5 Å². The maximum Gasteiger partial charge on any atom is 0.251 e. The average molecular weight is 379 g/mol. The minimum Gasteiger partial charge on any atom is -0.495 e. The Labute approximate surface area is 163 Å². The van der Waals surface area contributed by atoms with E-state index in [1.807, 2.05) is 25.1 Å². The molecule has 0 bridgehead atoms. The second kappa shape index (κ2) is 8.99. The molecule has 0 aliphatic heterocycles. The zero-order valence-corrected chi connectivity index (χ0v) is 15.8. The molecule has 0 atom stereocenters. The van der Waals surface area contributed by atoms with E-state index in [9.17, 15) is 9.18 Å². The molecule has 6 heteroatoms. The lowest BCUT2D eigenvalue weighted by atomic mass is 10.1. The zero-order chi connectivity index (χ0) is 19.9. The van der Waals surface area contributed by atoms with Gasteiger partial charge in [-0.1, -0.05) is 24.3 Å². The first-order chi connectivity index (χ1) is 13.6. The molecule has 0 spiro atoms. The number of rotatable bonds is 7. The number of pyridine rings is 1. The second-order valence-corrected chi connectivity index (χ2v) is 6.36. The quantitative estimate of drug-likeness (QED) is 0.644. The summed E-state index contributed by atoms with van der Waals surface area (Å²) in [5.74, 6) is 0.718. The van der Waals surface area contributed by atoms with Crippen LogP contribution in [0.25, 0.3) is 0 Å². The van der Waals surface area contributed by atoms with E-state index in [-0.39, 0.29) is 11.7 Å². The normalized spacial score (nSPS) is 10.4. The summed E-state index contributed by atoms with van der Waals surface area (Å²) in [5, 5.41) is 5.99. The number of benzene rings is 2. The summed E-state index contributed by atoms with van der Waals surface area (Å²) in [6.07, 6.45) is 1.99. The van der Waals surface area contributed by atoms with Gasteiger partial charge in [-0.2, -0.15) is 0 Å². The number of halogens is 1. The molecule has 3 rings (SSSR count). The Bertz CT molecular complexity index is 976. The molecule has 28 heavy (non-hydrogen) atoms. The molecule has 1 amide bonds. The number of methoxy groups -OCH3 is 1. The first-order valence-corrected chi connectivity index (χ1v) is 8.96. The molecule has 1 aromatic heterocycles. The molecule has 5 nitrogen and oxygen atoms in total. The Hall–Kier alpha value is -3.41. The number of ether oxygens (including phenoxy) is 1. The van der Waals surface area contributed by atoms with Gasteiger partial charge in [0.25, 0.3) is 5.91 Å². The summed E-state index contributed by atoms with van der Waals surface area (Å²) < 4.78 is 19.0. The molecule has 0 unspecified atom stereocenters. The van der Waals surface area contributed by atoms with Crippen molar-refractivity contribution >= 4 is 17.4 Å². The standard InChI is InChI=1S/C22H22FN3O2/c1-15-7-8-20(28-2)19(13-15)26-21-14-17(10-11-24-21)22(27)25-12-9-16-5-3-4-6-18(16)23/h3-8,10-11,13-14H,9,12H2,1-2H3,(H,24,26)(H,25,27). The number of hydrogen-bond acceptors (Lipinski definition) is 4. The third-order valence-corrected chi connectivity index (χ3v) is 4.28. The highest BCUT2D eigenvalue weighted by Crippen LogP contribution is 2.28. The number of hydrogen-bond donors (Lipinski definition) is 2. The van der Waals surface area contributed by atoms with Crippen LogP contribution >= 0.6 is 0 Å². The van der Waals surface area contributed by atoms with Crippen molar-refractivity contribution in [3.05, 3.63) is 83.3 Å². The Morgan fingerprint density at radius 3 is 2.75 bits per heavy atom. The fraction of sp³-hybridized carbons (Fsp3) is 0.182. The summed E-state index contributed by atoms with van der Waals surface area (Å²) in [7, 11) is 1.60. The summed E-state index contributed by atoms with van der Waals surface area (Å²) >= 11 is 0. The molecule has 0 radical (unpaired) electrons. The summed E-state index contributed by atoms with van der Waals surface area (Å²) in [4.78, 5) is 16.7. The van der Waals surface area contributed by atoms with Gasteiger partial charge in [0.05, 0.1) is 12.8 Å². The van der Waals surface area contributed by atoms with Crippen molar-refractivity contribution in [1.29, 1.82) is 0 Å². The van der Waals surface area contributed by atoms with Gasteiger partial charge in [-0.25, -0.2) is 9.37 Å². The van der Waals surface area contributed by atoms with Crippen molar-refractivity contribution in [1.82, 2.24) is 10.3 Å². The molecule has 2 N–H and O–H groups in total. The van der Waals surface area contributed by atoms with Gasteiger partial charge in [0.2, 0.25) is 0 Å². The third kappa shape index (κ3) is 4.85. The van der Waals surface area contributed by atoms with Crippen LogP contribution in [0, 0.1) is 12.7 Å². The van der Waals surface area contributed by atoms with Crippen LogP contribution in [-0.2, 0) is 6.42 Å². The average Bonchev–Trinajstić information content (AvgIpc) is 2.70. The lowest BCUT2D eigenvalue weighted by Gasteiger charge is -2.12. The maximum atomic E-state index is 13.6. The molecule has 0 fully saturated rings. The van der Waals surface area contributed by atoms with Crippen LogP contribution in [-0.4, -0.2) is 24.5 Å². The van der Waals surface area contributed by atoms with Gasteiger partial charge >= 0.3 is 0 Å². The van der Waals surface area contributed by atoms with Crippen molar-refractivity contribution in [2.45, 2.75) is 13.3 Å². The highest BCUT2D eigenvalue weighted by molar-refractivity contribution is 5.95. The Morgan fingerprint density at radius 2 is 1.96 bits per heavy atom. The number of carbonyl (C=O) groups excluding carboxylic acids is 1. The van der Waals surface area contributed by atoms with Gasteiger partial charge in [0, 0.05) is 18.3 Å². The number of aryl methyl sites for hydroxylation is 1. The molecule has 1 heterocycles. The Kier molecular flexibility index (Phi) is 6.22. The minimum absolute atomic E-state index is 0.238. The van der Waals surface area contributed by atoms with E-state index in [0.29, 0.717) is 35.7 Å². The second-order valence-electron chi connectivity index (χ2n) is 6.36. The molecule has 0 aliphatic carbocycles. The first kappa shape index (κ1) is 19.4. The van der Waals surface area contributed by atoms with Gasteiger partial charge in [0.15, 0.2) is 0 Å². The van der Waals surface area contributed by atoms with Crippen LogP contribution in [0.5, 0.6) is 5.75 Å². The van der Waals surface area contributed by atoms with E-state index in [1.54, 1.807) is 43.6 Å². The number of carbonyl (C=O) groups is 1. The number of nitrogens with zero attached hydrogens (tertiary/aromatic N) is 1. The molecular weight excluding hydrogens is 357 g/mol. The highest BCUT2D eigenvalue weighted by Gasteiger charge is 2.09. The summed E-state index contributed by atoms with van der Waals surface area (Å²) in [6.45, 7) is 2.33. The molecule has 0 saturated carbocycles. The molecular formula is C22H22FN3O2. The molecule has 144 valence electrons. The summed E-state index contributed by atoms with van der Waals surface area (Å²) in [5.41, 5.74) is 2.89. The molecule has 2 aromatic carbocycles. The smallest absolute Gasteiger partial charge is 0.251 e. The zero-order valence-electron chi connectivity index (χ0n) is 15.8. The SMILES string of the molecule is COc1ccc(C)cc1Nc1cc(C(=O)NCCc2ccccc2F)ccn1. The number of aromatic nitrogens is 1. The van der Waals surface area contributed by atoms with Crippen molar-refractivity contribution in [3.63, 3.8) is 0 Å². The predicted molar refractivity (Wildman–Crippen MR) is 108 cm³/mol. The molecule has 0 saturated heterocycles. The van der Waals surface area contributed by atoms with E-state index in [4.69, 9.17) is 4.74 Å². The van der Waals surface area contributed by atoms with Crippen LogP contribution in [0.2, 0.25) is 0 Å². The third-order valence-electron chi connectivity index (χ3n) is 4.28. The van der Waals surface area contributed by atoms with Crippen molar-refractivity contribution in [2.24, 2.45) is 0 Å². The van der Waals surface area contributed by atoms with E-state index in [2.05, 4.69) is 15.6 Å². The van der Waals surface area contributed by atoms with E-state index in [0.717, 1.165) is 11.3 Å². The van der Waals surface area contributed by atoms with Crippen molar-refractivity contribution in [2.75, 3.05) is 19.0 Å².